The molecule has 224 valence electrons. The van der Waals surface area contributed by atoms with Crippen molar-refractivity contribution >= 4 is 50.7 Å². The van der Waals surface area contributed by atoms with Crippen molar-refractivity contribution in [2.75, 3.05) is 10.8 Å². The zero-order valence-corrected chi connectivity index (χ0v) is 26.3. The summed E-state index contributed by atoms with van der Waals surface area (Å²) < 4.78 is 28.9. The predicted octanol–water partition coefficient (Wildman–Crippen LogP) is 6.75. The molecule has 1 aliphatic carbocycles. The quantitative estimate of drug-likeness (QED) is 0.254. The number of anilines is 1. The van der Waals surface area contributed by atoms with E-state index >= 15 is 0 Å². The van der Waals surface area contributed by atoms with E-state index in [0.717, 1.165) is 47.5 Å². The summed E-state index contributed by atoms with van der Waals surface area (Å²) in [5, 5.41) is 3.58. The fourth-order valence-corrected chi connectivity index (χ4v) is 7.37. The highest BCUT2D eigenvalue weighted by atomic mass is 35.5. The number of aryl methyl sites for hydroxylation is 1. The van der Waals surface area contributed by atoms with Gasteiger partial charge in [-0.3, -0.25) is 13.9 Å². The van der Waals surface area contributed by atoms with Crippen LogP contribution >= 0.6 is 23.2 Å². The summed E-state index contributed by atoms with van der Waals surface area (Å²) in [5.74, 6) is -0.747. The lowest BCUT2D eigenvalue weighted by molar-refractivity contribution is -0.140. The van der Waals surface area contributed by atoms with Crippen LogP contribution in [0.4, 0.5) is 5.69 Å². The Balaban J connectivity index is 1.73. The molecule has 7 nitrogen and oxygen atoms in total. The number of nitrogens with one attached hydrogen (secondary N) is 1. The van der Waals surface area contributed by atoms with Gasteiger partial charge in [0.05, 0.1) is 15.6 Å². The number of nitrogens with zero attached hydrogens (tertiary/aromatic N) is 2. The van der Waals surface area contributed by atoms with E-state index in [2.05, 4.69) is 5.32 Å². The Labute approximate surface area is 258 Å². The van der Waals surface area contributed by atoms with Crippen LogP contribution in [0.2, 0.25) is 10.0 Å². The van der Waals surface area contributed by atoms with Crippen LogP contribution in [-0.2, 0) is 26.2 Å². The molecule has 0 saturated heterocycles. The summed E-state index contributed by atoms with van der Waals surface area (Å²) in [6.45, 7) is 3.39. The molecule has 1 atom stereocenters. The number of halogens is 2. The fraction of sp³-hybridized carbons (Fsp3) is 0.375. The van der Waals surface area contributed by atoms with Crippen molar-refractivity contribution in [3.63, 3.8) is 0 Å². The first-order chi connectivity index (χ1) is 20.1. The largest absolute Gasteiger partial charge is 0.352 e. The minimum absolute atomic E-state index is 0.0105. The maximum absolute atomic E-state index is 14.3. The summed E-state index contributed by atoms with van der Waals surface area (Å²) in [6, 6.07) is 19.3. The highest BCUT2D eigenvalue weighted by molar-refractivity contribution is 7.92. The summed E-state index contributed by atoms with van der Waals surface area (Å²) in [7, 11) is -4.22. The van der Waals surface area contributed by atoms with Gasteiger partial charge in [-0.15, -0.1) is 0 Å². The van der Waals surface area contributed by atoms with Crippen molar-refractivity contribution in [2.24, 2.45) is 0 Å². The van der Waals surface area contributed by atoms with Crippen molar-refractivity contribution < 1.29 is 18.0 Å². The SMILES string of the molecule is CC[C@H](C(=O)NC1CCCCC1)N(Cc1ccccc1C)C(=O)CN(c1ccc(Cl)cc1Cl)S(=O)(=O)c1ccccc1. The van der Waals surface area contributed by atoms with Crippen molar-refractivity contribution in [3.8, 4) is 0 Å². The van der Waals surface area contributed by atoms with Gasteiger partial charge in [-0.25, -0.2) is 8.42 Å². The second-order valence-corrected chi connectivity index (χ2v) is 13.3. The van der Waals surface area contributed by atoms with E-state index in [9.17, 15) is 18.0 Å². The van der Waals surface area contributed by atoms with Gasteiger partial charge in [0.1, 0.15) is 12.6 Å². The summed E-state index contributed by atoms with van der Waals surface area (Å²) >= 11 is 12.6. The highest BCUT2D eigenvalue weighted by Crippen LogP contribution is 2.33. The number of carbonyl (C=O) groups excluding carboxylic acids is 2. The predicted molar refractivity (Wildman–Crippen MR) is 168 cm³/mol. The van der Waals surface area contributed by atoms with Crippen LogP contribution in [-0.4, -0.2) is 43.8 Å². The second kappa shape index (κ2) is 14.4. The van der Waals surface area contributed by atoms with Crippen molar-refractivity contribution in [1.29, 1.82) is 0 Å². The monoisotopic (exact) mass is 629 g/mol. The number of benzene rings is 3. The zero-order chi connectivity index (χ0) is 30.3. The molecule has 1 N–H and O–H groups in total. The maximum Gasteiger partial charge on any atom is 0.264 e. The Bertz CT molecular complexity index is 1490. The lowest BCUT2D eigenvalue weighted by Crippen LogP contribution is -2.54. The van der Waals surface area contributed by atoms with Crippen LogP contribution in [0.25, 0.3) is 0 Å². The lowest BCUT2D eigenvalue weighted by atomic mass is 9.95. The molecule has 3 aromatic rings. The van der Waals surface area contributed by atoms with Gasteiger partial charge in [0.2, 0.25) is 11.8 Å². The van der Waals surface area contributed by atoms with Gasteiger partial charge in [0.15, 0.2) is 0 Å². The number of carbonyl (C=O) groups is 2. The standard InChI is InChI=1S/C32H37Cl2N3O4S/c1-3-29(32(39)35-26-14-6-4-7-15-26)36(21-24-13-11-10-12-23(24)2)31(38)22-37(30-19-18-25(33)20-28(30)34)42(40,41)27-16-8-5-9-17-27/h5,8-13,16-20,26,29H,3-4,6-7,14-15,21-22H2,1-2H3,(H,35,39)/t29-/m1/s1. The van der Waals surface area contributed by atoms with E-state index < -0.39 is 28.5 Å². The van der Waals surface area contributed by atoms with E-state index in [1.54, 1.807) is 18.2 Å². The Hall–Kier alpha value is -3.07. The summed E-state index contributed by atoms with van der Waals surface area (Å²) in [6.07, 6.45) is 5.45. The first kappa shape index (κ1) is 31.9. The average Bonchev–Trinajstić information content (AvgIpc) is 2.98. The molecule has 0 aromatic heterocycles. The number of rotatable bonds is 11. The molecule has 3 aromatic carbocycles. The number of amides is 2. The van der Waals surface area contributed by atoms with Crippen LogP contribution in [0.1, 0.15) is 56.6 Å². The molecule has 10 heteroatoms. The minimum atomic E-state index is -4.22. The third-order valence-electron chi connectivity index (χ3n) is 7.73. The molecule has 0 spiro atoms. The molecular weight excluding hydrogens is 593 g/mol. The molecule has 42 heavy (non-hydrogen) atoms. The molecule has 0 heterocycles. The third-order valence-corrected chi connectivity index (χ3v) is 10.0. The molecule has 0 aliphatic heterocycles. The fourth-order valence-electron chi connectivity index (χ4n) is 5.35. The van der Waals surface area contributed by atoms with Crippen LogP contribution < -0.4 is 9.62 Å². The highest BCUT2D eigenvalue weighted by Gasteiger charge is 2.35. The first-order valence-corrected chi connectivity index (χ1v) is 16.5. The van der Waals surface area contributed by atoms with E-state index in [1.807, 2.05) is 38.1 Å². The Morgan fingerprint density at radius 2 is 1.62 bits per heavy atom. The van der Waals surface area contributed by atoms with Gasteiger partial charge in [0.25, 0.3) is 10.0 Å². The van der Waals surface area contributed by atoms with Crippen LogP contribution in [0, 0.1) is 6.92 Å². The molecular formula is C32H37Cl2N3O4S. The molecule has 1 saturated carbocycles. The van der Waals surface area contributed by atoms with Crippen molar-refractivity contribution in [2.45, 2.75) is 75.9 Å². The van der Waals surface area contributed by atoms with E-state index in [-0.39, 0.29) is 34.1 Å². The smallest absolute Gasteiger partial charge is 0.264 e. The zero-order valence-electron chi connectivity index (χ0n) is 23.9. The van der Waals surface area contributed by atoms with E-state index in [1.165, 1.54) is 35.2 Å². The van der Waals surface area contributed by atoms with Crippen LogP contribution in [0.3, 0.4) is 0 Å². The Kier molecular flexibility index (Phi) is 10.9. The Morgan fingerprint density at radius 3 is 2.26 bits per heavy atom. The van der Waals surface area contributed by atoms with Gasteiger partial charge < -0.3 is 10.2 Å². The van der Waals surface area contributed by atoms with Crippen LogP contribution in [0.5, 0.6) is 0 Å². The van der Waals surface area contributed by atoms with Gasteiger partial charge in [-0.05, 0) is 67.6 Å². The summed E-state index contributed by atoms with van der Waals surface area (Å²) in [5.41, 5.74) is 1.96. The molecule has 1 fully saturated rings. The molecule has 0 bridgehead atoms. The maximum atomic E-state index is 14.3. The van der Waals surface area contributed by atoms with Gasteiger partial charge >= 0.3 is 0 Å². The van der Waals surface area contributed by atoms with Crippen LogP contribution in [0.15, 0.2) is 77.7 Å². The molecule has 1 aliphatic rings. The van der Waals surface area contributed by atoms with E-state index in [4.69, 9.17) is 23.2 Å². The minimum Gasteiger partial charge on any atom is -0.352 e. The van der Waals surface area contributed by atoms with Gasteiger partial charge in [-0.2, -0.15) is 0 Å². The second-order valence-electron chi connectivity index (χ2n) is 10.6. The molecule has 4 rings (SSSR count). The topological polar surface area (TPSA) is 86.8 Å². The number of sulfonamides is 1. The third kappa shape index (κ3) is 7.65. The molecule has 0 unspecified atom stereocenters. The normalized spacial score (nSPS) is 14.7. The number of hydrogen-bond donors (Lipinski definition) is 1. The lowest BCUT2D eigenvalue weighted by Gasteiger charge is -2.35. The first-order valence-electron chi connectivity index (χ1n) is 14.3. The Morgan fingerprint density at radius 1 is 0.952 bits per heavy atom. The van der Waals surface area contributed by atoms with Gasteiger partial charge in [-0.1, -0.05) is 91.9 Å². The average molecular weight is 631 g/mol. The van der Waals surface area contributed by atoms with Crippen molar-refractivity contribution in [1.82, 2.24) is 10.2 Å². The number of hydrogen-bond acceptors (Lipinski definition) is 4. The molecule has 2 amide bonds. The van der Waals surface area contributed by atoms with Crippen molar-refractivity contribution in [3.05, 3.63) is 94.0 Å². The van der Waals surface area contributed by atoms with Gasteiger partial charge in [0, 0.05) is 17.6 Å². The summed E-state index contributed by atoms with van der Waals surface area (Å²) in [4.78, 5) is 29.4. The molecule has 0 radical (unpaired) electrons. The van der Waals surface area contributed by atoms with E-state index in [0.29, 0.717) is 11.4 Å².